The van der Waals surface area contributed by atoms with Gasteiger partial charge in [0, 0.05) is 18.4 Å². The fourth-order valence-electron chi connectivity index (χ4n) is 2.64. The standard InChI is InChI=1S/C10H17NO/c1-7-9(12)5-4-8-3-2-6-11-10(7)8/h7-8,10-11H,2-6H2,1H3. The molecule has 1 heterocycles. The molecule has 0 spiro atoms. The second kappa shape index (κ2) is 3.17. The van der Waals surface area contributed by atoms with E-state index in [1.807, 2.05) is 0 Å². The molecule has 1 aliphatic heterocycles. The Kier molecular flexibility index (Phi) is 2.18. The Bertz CT molecular complexity index is 190. The van der Waals surface area contributed by atoms with Crippen LogP contribution in [0.3, 0.4) is 0 Å². The monoisotopic (exact) mass is 167 g/mol. The highest BCUT2D eigenvalue weighted by molar-refractivity contribution is 5.82. The van der Waals surface area contributed by atoms with Crippen LogP contribution < -0.4 is 5.32 Å². The normalized spacial score (nSPS) is 42.4. The molecule has 2 aliphatic rings. The van der Waals surface area contributed by atoms with E-state index >= 15 is 0 Å². The van der Waals surface area contributed by atoms with E-state index in [1.165, 1.54) is 12.8 Å². The lowest BCUT2D eigenvalue weighted by Crippen LogP contribution is -2.50. The summed E-state index contributed by atoms with van der Waals surface area (Å²) in [4.78, 5) is 11.4. The summed E-state index contributed by atoms with van der Waals surface area (Å²) in [6.45, 7) is 3.19. The Morgan fingerprint density at radius 2 is 2.25 bits per heavy atom. The number of rotatable bonds is 0. The lowest BCUT2D eigenvalue weighted by atomic mass is 9.73. The van der Waals surface area contributed by atoms with Gasteiger partial charge in [-0.15, -0.1) is 0 Å². The molecule has 1 N–H and O–H groups in total. The maximum Gasteiger partial charge on any atom is 0.137 e. The van der Waals surface area contributed by atoms with Crippen molar-refractivity contribution in [2.24, 2.45) is 11.8 Å². The molecular formula is C10H17NO. The van der Waals surface area contributed by atoms with Crippen molar-refractivity contribution in [3.8, 4) is 0 Å². The zero-order valence-electron chi connectivity index (χ0n) is 7.68. The van der Waals surface area contributed by atoms with Crippen molar-refractivity contribution in [3.05, 3.63) is 0 Å². The molecule has 2 fully saturated rings. The van der Waals surface area contributed by atoms with Gasteiger partial charge in [0.25, 0.3) is 0 Å². The van der Waals surface area contributed by atoms with Crippen LogP contribution >= 0.6 is 0 Å². The van der Waals surface area contributed by atoms with Crippen LogP contribution in [-0.2, 0) is 4.79 Å². The van der Waals surface area contributed by atoms with E-state index in [4.69, 9.17) is 0 Å². The topological polar surface area (TPSA) is 29.1 Å². The third-order valence-electron chi connectivity index (χ3n) is 3.45. The number of Topliss-reactive ketones (excluding diaryl/α,β-unsaturated/α-hetero) is 1. The zero-order valence-corrected chi connectivity index (χ0v) is 7.68. The summed E-state index contributed by atoms with van der Waals surface area (Å²) < 4.78 is 0. The first-order chi connectivity index (χ1) is 5.79. The smallest absolute Gasteiger partial charge is 0.137 e. The van der Waals surface area contributed by atoms with Gasteiger partial charge in [-0.3, -0.25) is 4.79 Å². The number of ketones is 1. The summed E-state index contributed by atoms with van der Waals surface area (Å²) in [5, 5.41) is 3.48. The fraction of sp³-hybridized carbons (Fsp3) is 0.900. The lowest BCUT2D eigenvalue weighted by molar-refractivity contribution is -0.126. The molecule has 1 saturated carbocycles. The van der Waals surface area contributed by atoms with Gasteiger partial charge in [-0.05, 0) is 31.7 Å². The van der Waals surface area contributed by atoms with Crippen molar-refractivity contribution in [1.29, 1.82) is 0 Å². The van der Waals surface area contributed by atoms with Crippen molar-refractivity contribution >= 4 is 5.78 Å². The lowest BCUT2D eigenvalue weighted by Gasteiger charge is -2.39. The Morgan fingerprint density at radius 1 is 1.42 bits per heavy atom. The van der Waals surface area contributed by atoms with Crippen molar-refractivity contribution in [2.45, 2.75) is 38.6 Å². The molecule has 2 heteroatoms. The van der Waals surface area contributed by atoms with Gasteiger partial charge in [-0.25, -0.2) is 0 Å². The summed E-state index contributed by atoms with van der Waals surface area (Å²) in [7, 11) is 0. The van der Waals surface area contributed by atoms with Crippen molar-refractivity contribution in [2.75, 3.05) is 6.54 Å². The van der Waals surface area contributed by atoms with E-state index in [2.05, 4.69) is 12.2 Å². The highest BCUT2D eigenvalue weighted by atomic mass is 16.1. The minimum Gasteiger partial charge on any atom is -0.313 e. The number of hydrogen-bond acceptors (Lipinski definition) is 2. The van der Waals surface area contributed by atoms with Crippen LogP contribution in [0, 0.1) is 11.8 Å². The Morgan fingerprint density at radius 3 is 3.08 bits per heavy atom. The minimum absolute atomic E-state index is 0.268. The van der Waals surface area contributed by atoms with Gasteiger partial charge < -0.3 is 5.32 Å². The first-order valence-corrected chi connectivity index (χ1v) is 5.05. The molecule has 12 heavy (non-hydrogen) atoms. The summed E-state index contributed by atoms with van der Waals surface area (Å²) in [6, 6.07) is 0.500. The summed E-state index contributed by atoms with van der Waals surface area (Å²) in [5.74, 6) is 1.51. The molecule has 0 aromatic carbocycles. The van der Waals surface area contributed by atoms with E-state index in [9.17, 15) is 4.79 Å². The number of piperidine rings is 1. The van der Waals surface area contributed by atoms with Crippen LogP contribution in [0.2, 0.25) is 0 Å². The molecule has 1 aliphatic carbocycles. The second-order valence-electron chi connectivity index (χ2n) is 4.18. The van der Waals surface area contributed by atoms with Crippen molar-refractivity contribution < 1.29 is 4.79 Å². The van der Waals surface area contributed by atoms with E-state index in [-0.39, 0.29) is 5.92 Å². The van der Waals surface area contributed by atoms with Crippen LogP contribution in [0.5, 0.6) is 0 Å². The van der Waals surface area contributed by atoms with Gasteiger partial charge in [0.2, 0.25) is 0 Å². The molecular weight excluding hydrogens is 150 g/mol. The molecule has 2 nitrogen and oxygen atoms in total. The molecule has 0 radical (unpaired) electrons. The highest BCUT2D eigenvalue weighted by Crippen LogP contribution is 2.32. The van der Waals surface area contributed by atoms with Crippen LogP contribution in [-0.4, -0.2) is 18.4 Å². The molecule has 1 saturated heterocycles. The number of fused-ring (bicyclic) bond motifs is 1. The fourth-order valence-corrected chi connectivity index (χ4v) is 2.64. The molecule has 0 aromatic rings. The molecule has 0 aromatic heterocycles. The van der Waals surface area contributed by atoms with Crippen LogP contribution in [0.1, 0.15) is 32.6 Å². The molecule has 3 unspecified atom stereocenters. The number of carbonyl (C=O) groups is 1. The van der Waals surface area contributed by atoms with Gasteiger partial charge in [-0.1, -0.05) is 6.92 Å². The predicted octanol–water partition coefficient (Wildman–Crippen LogP) is 1.35. The first-order valence-electron chi connectivity index (χ1n) is 5.05. The van der Waals surface area contributed by atoms with Gasteiger partial charge in [0.05, 0.1) is 0 Å². The first kappa shape index (κ1) is 8.24. The third-order valence-corrected chi connectivity index (χ3v) is 3.45. The summed E-state index contributed by atoms with van der Waals surface area (Å²) in [5.41, 5.74) is 0. The average molecular weight is 167 g/mol. The molecule has 68 valence electrons. The maximum atomic E-state index is 11.4. The van der Waals surface area contributed by atoms with Crippen molar-refractivity contribution in [1.82, 2.24) is 5.32 Å². The van der Waals surface area contributed by atoms with E-state index in [0.29, 0.717) is 11.8 Å². The van der Waals surface area contributed by atoms with Gasteiger partial charge in [0.15, 0.2) is 0 Å². The minimum atomic E-state index is 0.268. The predicted molar refractivity (Wildman–Crippen MR) is 47.9 cm³/mol. The number of hydrogen-bond donors (Lipinski definition) is 1. The quantitative estimate of drug-likeness (QED) is 0.590. The third kappa shape index (κ3) is 1.28. The van der Waals surface area contributed by atoms with Gasteiger partial charge in [-0.2, -0.15) is 0 Å². The van der Waals surface area contributed by atoms with Crippen LogP contribution in [0.25, 0.3) is 0 Å². The van der Waals surface area contributed by atoms with E-state index in [0.717, 1.165) is 25.3 Å². The SMILES string of the molecule is CC1C(=O)CCC2CCCNC21. The average Bonchev–Trinajstić information content (AvgIpc) is 2.12. The molecule has 0 bridgehead atoms. The number of nitrogens with one attached hydrogen (secondary N) is 1. The summed E-state index contributed by atoms with van der Waals surface area (Å²) >= 11 is 0. The van der Waals surface area contributed by atoms with E-state index < -0.39 is 0 Å². The largest absolute Gasteiger partial charge is 0.313 e. The Balaban J connectivity index is 2.08. The van der Waals surface area contributed by atoms with Gasteiger partial charge >= 0.3 is 0 Å². The Hall–Kier alpha value is -0.370. The van der Waals surface area contributed by atoms with Gasteiger partial charge in [0.1, 0.15) is 5.78 Å². The van der Waals surface area contributed by atoms with Crippen LogP contribution in [0.4, 0.5) is 0 Å². The molecule has 2 rings (SSSR count). The Labute approximate surface area is 73.7 Å². The maximum absolute atomic E-state index is 11.4. The van der Waals surface area contributed by atoms with Crippen molar-refractivity contribution in [3.63, 3.8) is 0 Å². The highest BCUT2D eigenvalue weighted by Gasteiger charge is 2.36. The number of carbonyl (C=O) groups excluding carboxylic acids is 1. The molecule has 0 amide bonds. The second-order valence-corrected chi connectivity index (χ2v) is 4.18. The summed E-state index contributed by atoms with van der Waals surface area (Å²) in [6.07, 6.45) is 4.57. The molecule has 3 atom stereocenters. The van der Waals surface area contributed by atoms with E-state index in [1.54, 1.807) is 0 Å². The van der Waals surface area contributed by atoms with Crippen LogP contribution in [0.15, 0.2) is 0 Å². The zero-order chi connectivity index (χ0) is 8.55.